The van der Waals surface area contributed by atoms with Crippen LogP contribution in [0.25, 0.3) is 0 Å². The summed E-state index contributed by atoms with van der Waals surface area (Å²) in [5.41, 5.74) is 2.38. The summed E-state index contributed by atoms with van der Waals surface area (Å²) in [6.45, 7) is 0.346. The molecule has 3 nitrogen and oxygen atoms in total. The Morgan fingerprint density at radius 2 is 1.78 bits per heavy atom. The van der Waals surface area contributed by atoms with Gasteiger partial charge in [-0.15, -0.1) is 11.8 Å². The lowest BCUT2D eigenvalue weighted by atomic mass is 10.1. The van der Waals surface area contributed by atoms with Gasteiger partial charge in [-0.1, -0.05) is 30.3 Å². The van der Waals surface area contributed by atoms with Crippen molar-refractivity contribution in [3.63, 3.8) is 0 Å². The van der Waals surface area contributed by atoms with Crippen molar-refractivity contribution in [2.75, 3.05) is 7.11 Å². The molecule has 5 heteroatoms. The van der Waals surface area contributed by atoms with Gasteiger partial charge in [0.15, 0.2) is 0 Å². The first-order valence-corrected chi connectivity index (χ1v) is 9.51. The van der Waals surface area contributed by atoms with Crippen molar-refractivity contribution in [3.8, 4) is 5.75 Å². The lowest BCUT2D eigenvalue weighted by Crippen LogP contribution is -2.22. The minimum absolute atomic E-state index is 0.173. The largest absolute Gasteiger partial charge is 0.496 e. The molecule has 1 N–H and O–H groups in total. The number of rotatable bonds is 7. The van der Waals surface area contributed by atoms with Gasteiger partial charge < -0.3 is 10.1 Å². The summed E-state index contributed by atoms with van der Waals surface area (Å²) >= 11 is 1.69. The van der Waals surface area contributed by atoms with Gasteiger partial charge in [-0.25, -0.2) is 4.39 Å². The molecule has 3 aromatic carbocycles. The molecule has 0 saturated carbocycles. The average molecular weight is 381 g/mol. The summed E-state index contributed by atoms with van der Waals surface area (Å²) in [6.07, 6.45) is 0. The van der Waals surface area contributed by atoms with Crippen LogP contribution in [0, 0.1) is 5.82 Å². The van der Waals surface area contributed by atoms with E-state index in [9.17, 15) is 9.18 Å². The van der Waals surface area contributed by atoms with E-state index in [1.165, 1.54) is 12.1 Å². The van der Waals surface area contributed by atoms with Crippen LogP contribution in [-0.2, 0) is 12.3 Å². The second-order valence-corrected chi connectivity index (χ2v) is 6.99. The number of hydrogen-bond donors (Lipinski definition) is 1. The Labute approximate surface area is 162 Å². The summed E-state index contributed by atoms with van der Waals surface area (Å²) in [7, 11) is 1.63. The molecule has 0 saturated heterocycles. The fourth-order valence-corrected chi connectivity index (χ4v) is 3.49. The van der Waals surface area contributed by atoms with Crippen LogP contribution >= 0.6 is 11.8 Å². The lowest BCUT2D eigenvalue weighted by molar-refractivity contribution is 0.0951. The number of nitrogens with one attached hydrogen (secondary N) is 1. The first-order chi connectivity index (χ1) is 13.2. The molecule has 0 atom stereocenters. The predicted octanol–water partition coefficient (Wildman–Crippen LogP) is 5.06. The molecule has 0 aliphatic carbocycles. The molecular formula is C22H20FNO2S. The molecule has 0 fully saturated rings. The van der Waals surface area contributed by atoms with Gasteiger partial charge in [0.05, 0.1) is 7.11 Å². The molecule has 3 rings (SSSR count). The van der Waals surface area contributed by atoms with Crippen LogP contribution in [0.4, 0.5) is 4.39 Å². The van der Waals surface area contributed by atoms with Crippen LogP contribution in [0.3, 0.4) is 0 Å². The molecule has 138 valence electrons. The molecule has 3 aromatic rings. The molecule has 27 heavy (non-hydrogen) atoms. The second kappa shape index (κ2) is 9.24. The molecule has 0 spiro atoms. The maximum atomic E-state index is 13.0. The minimum atomic E-state index is -0.291. The van der Waals surface area contributed by atoms with Crippen molar-refractivity contribution in [1.29, 1.82) is 0 Å². The van der Waals surface area contributed by atoms with E-state index in [4.69, 9.17) is 4.74 Å². The normalized spacial score (nSPS) is 10.4. The Balaban J connectivity index is 1.67. The van der Waals surface area contributed by atoms with Gasteiger partial charge in [0, 0.05) is 28.3 Å². The number of thioether (sulfide) groups is 1. The van der Waals surface area contributed by atoms with Gasteiger partial charge in [-0.3, -0.25) is 4.79 Å². The van der Waals surface area contributed by atoms with Gasteiger partial charge >= 0.3 is 0 Å². The van der Waals surface area contributed by atoms with E-state index in [1.54, 1.807) is 37.1 Å². The number of hydrogen-bond acceptors (Lipinski definition) is 3. The molecule has 0 unspecified atom stereocenters. The fraction of sp³-hybridized carbons (Fsp3) is 0.136. The van der Waals surface area contributed by atoms with E-state index >= 15 is 0 Å². The van der Waals surface area contributed by atoms with Crippen molar-refractivity contribution in [1.82, 2.24) is 5.32 Å². The smallest absolute Gasteiger partial charge is 0.251 e. The number of benzene rings is 3. The van der Waals surface area contributed by atoms with Gasteiger partial charge in [-0.2, -0.15) is 0 Å². The monoisotopic (exact) mass is 381 g/mol. The summed E-state index contributed by atoms with van der Waals surface area (Å²) in [5.74, 6) is 0.994. The van der Waals surface area contributed by atoms with E-state index in [-0.39, 0.29) is 11.7 Å². The molecule has 1 amide bonds. The van der Waals surface area contributed by atoms with Crippen molar-refractivity contribution in [2.24, 2.45) is 0 Å². The Morgan fingerprint density at radius 3 is 2.48 bits per heavy atom. The number of methoxy groups -OCH3 is 1. The maximum Gasteiger partial charge on any atom is 0.251 e. The van der Waals surface area contributed by atoms with Crippen molar-refractivity contribution < 1.29 is 13.9 Å². The van der Waals surface area contributed by atoms with Crippen LogP contribution in [0.1, 0.15) is 21.5 Å². The highest BCUT2D eigenvalue weighted by molar-refractivity contribution is 7.98. The Hall–Kier alpha value is -2.79. The second-order valence-electron chi connectivity index (χ2n) is 5.94. The summed E-state index contributed by atoms with van der Waals surface area (Å²) in [6, 6.07) is 21.6. The highest BCUT2D eigenvalue weighted by Gasteiger charge is 2.11. The zero-order valence-corrected chi connectivity index (χ0v) is 15.8. The van der Waals surface area contributed by atoms with Crippen LogP contribution < -0.4 is 10.1 Å². The van der Waals surface area contributed by atoms with E-state index in [0.29, 0.717) is 17.9 Å². The van der Waals surface area contributed by atoms with Crippen molar-refractivity contribution >= 4 is 17.7 Å². The zero-order valence-electron chi connectivity index (χ0n) is 14.9. The van der Waals surface area contributed by atoms with Gasteiger partial charge in [-0.05, 0) is 48.0 Å². The third kappa shape index (κ3) is 5.34. The predicted molar refractivity (Wildman–Crippen MR) is 107 cm³/mol. The molecule has 0 bridgehead atoms. The zero-order chi connectivity index (χ0) is 19.1. The van der Waals surface area contributed by atoms with Crippen LogP contribution in [0.2, 0.25) is 0 Å². The Bertz CT molecular complexity index is 898. The molecular weight excluding hydrogens is 361 g/mol. The first kappa shape index (κ1) is 19.0. The average Bonchev–Trinajstić information content (AvgIpc) is 2.72. The van der Waals surface area contributed by atoms with Crippen molar-refractivity contribution in [2.45, 2.75) is 17.2 Å². The van der Waals surface area contributed by atoms with Gasteiger partial charge in [0.1, 0.15) is 11.6 Å². The molecule has 0 radical (unpaired) electrons. The molecule has 0 aliphatic heterocycles. The van der Waals surface area contributed by atoms with Crippen molar-refractivity contribution in [3.05, 3.63) is 95.3 Å². The van der Waals surface area contributed by atoms with E-state index in [0.717, 1.165) is 21.8 Å². The molecule has 0 aromatic heterocycles. The van der Waals surface area contributed by atoms with Crippen LogP contribution in [0.15, 0.2) is 77.7 Å². The summed E-state index contributed by atoms with van der Waals surface area (Å²) in [4.78, 5) is 13.6. The number of ether oxygens (including phenoxy) is 1. The quantitative estimate of drug-likeness (QED) is 0.582. The number of carbonyl (C=O) groups excluding carboxylic acids is 1. The lowest BCUT2D eigenvalue weighted by Gasteiger charge is -2.11. The maximum absolute atomic E-state index is 13.0. The van der Waals surface area contributed by atoms with Crippen LogP contribution in [-0.4, -0.2) is 13.0 Å². The minimum Gasteiger partial charge on any atom is -0.496 e. The van der Waals surface area contributed by atoms with Gasteiger partial charge in [0.2, 0.25) is 0 Å². The Morgan fingerprint density at radius 1 is 1.04 bits per heavy atom. The topological polar surface area (TPSA) is 38.3 Å². The summed E-state index contributed by atoms with van der Waals surface area (Å²) in [5, 5.41) is 2.86. The molecule has 0 aliphatic rings. The van der Waals surface area contributed by atoms with Crippen LogP contribution in [0.5, 0.6) is 5.75 Å². The van der Waals surface area contributed by atoms with Gasteiger partial charge in [0.25, 0.3) is 5.91 Å². The highest BCUT2D eigenvalue weighted by Crippen LogP contribution is 2.28. The third-order valence-corrected chi connectivity index (χ3v) is 5.11. The SMILES string of the molecule is COc1ccc(C(=O)NCc2ccc(F)cc2)cc1CSc1ccccc1. The highest BCUT2D eigenvalue weighted by atomic mass is 32.2. The summed E-state index contributed by atoms with van der Waals surface area (Å²) < 4.78 is 18.4. The van der Waals surface area contributed by atoms with E-state index in [1.807, 2.05) is 30.3 Å². The number of amides is 1. The standard InChI is InChI=1S/C22H20FNO2S/c1-26-21-12-9-17(13-18(21)15-27-20-5-3-2-4-6-20)22(25)24-14-16-7-10-19(23)11-8-16/h2-13H,14-15H2,1H3,(H,24,25). The van der Waals surface area contributed by atoms with E-state index < -0.39 is 0 Å². The number of halogens is 1. The first-order valence-electron chi connectivity index (χ1n) is 8.53. The Kier molecular flexibility index (Phi) is 6.49. The molecule has 0 heterocycles. The van der Waals surface area contributed by atoms with E-state index in [2.05, 4.69) is 17.4 Å². The third-order valence-electron chi connectivity index (χ3n) is 4.05. The fourth-order valence-electron chi connectivity index (χ4n) is 2.60. The number of carbonyl (C=O) groups is 1.